The minimum absolute atomic E-state index is 0. The van der Waals surface area contributed by atoms with Crippen molar-refractivity contribution in [3.63, 3.8) is 0 Å². The molecule has 0 aliphatic rings. The number of fused-ring (bicyclic) bond motifs is 1. The molecule has 0 aliphatic heterocycles. The molecule has 232 valence electrons. The van der Waals surface area contributed by atoms with E-state index in [1.54, 1.807) is 42.5 Å². The lowest BCUT2D eigenvalue weighted by Crippen LogP contribution is -2.41. The number of aliphatic hydroxyl groups excluding tert-OH is 2. The van der Waals surface area contributed by atoms with Gasteiger partial charge in [-0.3, -0.25) is 9.78 Å². The van der Waals surface area contributed by atoms with Gasteiger partial charge >= 0.3 is 6.18 Å². The van der Waals surface area contributed by atoms with Crippen LogP contribution in [-0.2, 0) is 6.42 Å². The fraction of sp³-hybridized carbons (Fsp3) is 0.267. The van der Waals surface area contributed by atoms with Crippen molar-refractivity contribution in [2.75, 3.05) is 26.3 Å². The average molecular weight is 643 g/mol. The van der Waals surface area contributed by atoms with Gasteiger partial charge in [0.2, 0.25) is 0 Å². The van der Waals surface area contributed by atoms with Crippen molar-refractivity contribution in [1.82, 2.24) is 15.6 Å². The number of para-hydroxylation sites is 2. The number of nitrogens with zero attached hydrogens (tertiary/aromatic N) is 1. The van der Waals surface area contributed by atoms with Crippen LogP contribution in [0, 0.1) is 0 Å². The minimum Gasteiger partial charge on any atom is -0.491 e. The van der Waals surface area contributed by atoms with E-state index in [4.69, 9.17) is 9.47 Å². The first-order chi connectivity index (χ1) is 19.7. The summed E-state index contributed by atoms with van der Waals surface area (Å²) in [7, 11) is 0. The Labute approximate surface area is 259 Å². The van der Waals surface area contributed by atoms with Crippen LogP contribution in [0.1, 0.15) is 15.9 Å². The summed E-state index contributed by atoms with van der Waals surface area (Å²) in [6, 6.07) is 22.3. The van der Waals surface area contributed by atoms with Crippen molar-refractivity contribution in [1.29, 1.82) is 0 Å². The van der Waals surface area contributed by atoms with Crippen LogP contribution in [0.25, 0.3) is 10.9 Å². The van der Waals surface area contributed by atoms with E-state index in [-0.39, 0.29) is 61.7 Å². The third-order valence-corrected chi connectivity index (χ3v) is 6.11. The Balaban J connectivity index is 0.00000323. The third kappa shape index (κ3) is 10.9. The maximum Gasteiger partial charge on any atom is 0.405 e. The van der Waals surface area contributed by atoms with Gasteiger partial charge in [-0.05, 0) is 54.4 Å². The Morgan fingerprint density at radius 3 is 2.33 bits per heavy atom. The van der Waals surface area contributed by atoms with Gasteiger partial charge in [-0.25, -0.2) is 0 Å². The molecular formula is C30H32Cl2F3N3O5. The van der Waals surface area contributed by atoms with E-state index in [9.17, 15) is 28.2 Å². The number of hydrogen-bond donors (Lipinski definition) is 4. The predicted octanol–water partition coefficient (Wildman–Crippen LogP) is 5.10. The van der Waals surface area contributed by atoms with Crippen LogP contribution in [0.4, 0.5) is 13.2 Å². The molecule has 0 spiro atoms. The Bertz CT molecular complexity index is 1430. The molecule has 4 rings (SSSR count). The summed E-state index contributed by atoms with van der Waals surface area (Å²) in [5.41, 5.74) is 1.14. The maximum atomic E-state index is 12.5. The molecule has 0 aliphatic carbocycles. The molecule has 13 heteroatoms. The molecular weight excluding hydrogens is 610 g/mol. The van der Waals surface area contributed by atoms with Gasteiger partial charge in [0.25, 0.3) is 5.91 Å². The Morgan fingerprint density at radius 1 is 0.930 bits per heavy atom. The smallest absolute Gasteiger partial charge is 0.405 e. The molecule has 1 amide bonds. The van der Waals surface area contributed by atoms with Gasteiger partial charge in [-0.2, -0.15) is 13.2 Å². The molecule has 1 heterocycles. The van der Waals surface area contributed by atoms with E-state index in [1.165, 1.54) is 12.3 Å². The Kier molecular flexibility index (Phi) is 14.0. The summed E-state index contributed by atoms with van der Waals surface area (Å²) in [5.74, 6) is 0.661. The number of carbonyl (C=O) groups excluding carboxylic acids is 1. The highest BCUT2D eigenvalue weighted by atomic mass is 35.5. The number of amides is 1. The molecule has 4 aromatic rings. The molecule has 0 saturated heterocycles. The van der Waals surface area contributed by atoms with Crippen molar-refractivity contribution in [2.24, 2.45) is 0 Å². The van der Waals surface area contributed by atoms with Crippen LogP contribution >= 0.6 is 24.8 Å². The number of nitrogens with one attached hydrogen (secondary N) is 2. The number of pyridine rings is 1. The fourth-order valence-corrected chi connectivity index (χ4v) is 4.08. The van der Waals surface area contributed by atoms with Crippen LogP contribution in [0.15, 0.2) is 85.1 Å². The molecule has 43 heavy (non-hydrogen) atoms. The lowest BCUT2D eigenvalue weighted by atomic mass is 10.1. The number of rotatable bonds is 13. The fourth-order valence-electron chi connectivity index (χ4n) is 4.08. The number of alkyl halides is 3. The van der Waals surface area contributed by atoms with E-state index < -0.39 is 24.7 Å². The molecule has 0 radical (unpaired) electrons. The van der Waals surface area contributed by atoms with Crippen molar-refractivity contribution in [2.45, 2.75) is 24.7 Å². The van der Waals surface area contributed by atoms with Gasteiger partial charge in [0, 0.05) is 24.2 Å². The number of benzene rings is 3. The van der Waals surface area contributed by atoms with Crippen molar-refractivity contribution < 1.29 is 37.7 Å². The molecule has 3 aromatic carbocycles. The van der Waals surface area contributed by atoms with Gasteiger partial charge in [0.15, 0.2) is 0 Å². The number of halogens is 5. The number of hydrogen-bond acceptors (Lipinski definition) is 7. The van der Waals surface area contributed by atoms with Crippen molar-refractivity contribution >= 4 is 41.6 Å². The zero-order valence-corrected chi connectivity index (χ0v) is 24.4. The van der Waals surface area contributed by atoms with E-state index >= 15 is 0 Å². The van der Waals surface area contributed by atoms with Crippen LogP contribution in [0.3, 0.4) is 0 Å². The highest BCUT2D eigenvalue weighted by Gasteiger charge is 2.28. The number of carbonyl (C=O) groups is 1. The quantitative estimate of drug-likeness (QED) is 0.161. The zero-order chi connectivity index (χ0) is 29.2. The normalized spacial score (nSPS) is 12.4. The summed E-state index contributed by atoms with van der Waals surface area (Å²) < 4.78 is 49.2. The minimum atomic E-state index is -4.53. The van der Waals surface area contributed by atoms with Crippen LogP contribution < -0.4 is 20.1 Å². The van der Waals surface area contributed by atoms with Crippen LogP contribution in [0.2, 0.25) is 0 Å². The highest BCUT2D eigenvalue weighted by Crippen LogP contribution is 2.30. The summed E-state index contributed by atoms with van der Waals surface area (Å²) in [6.45, 7) is -1.22. The predicted molar refractivity (Wildman–Crippen MR) is 162 cm³/mol. The first-order valence-corrected chi connectivity index (χ1v) is 12.9. The van der Waals surface area contributed by atoms with Crippen LogP contribution in [0.5, 0.6) is 17.2 Å². The van der Waals surface area contributed by atoms with E-state index in [0.29, 0.717) is 29.1 Å². The lowest BCUT2D eigenvalue weighted by Gasteiger charge is -2.19. The Morgan fingerprint density at radius 2 is 1.65 bits per heavy atom. The van der Waals surface area contributed by atoms with E-state index in [1.807, 2.05) is 35.6 Å². The summed E-state index contributed by atoms with van der Waals surface area (Å²) in [5, 5.41) is 25.5. The summed E-state index contributed by atoms with van der Waals surface area (Å²) in [6.07, 6.45) is -3.37. The van der Waals surface area contributed by atoms with Crippen molar-refractivity contribution in [3.05, 3.63) is 96.2 Å². The molecule has 4 N–H and O–H groups in total. The molecule has 0 bridgehead atoms. The number of aliphatic hydroxyl groups is 2. The molecule has 0 saturated carbocycles. The Hall–Kier alpha value is -3.61. The molecule has 8 nitrogen and oxygen atoms in total. The van der Waals surface area contributed by atoms with E-state index in [2.05, 4.69) is 10.3 Å². The summed E-state index contributed by atoms with van der Waals surface area (Å²) in [4.78, 5) is 16.5. The average Bonchev–Trinajstić information content (AvgIpc) is 2.98. The second-order valence-electron chi connectivity index (χ2n) is 9.32. The standard InChI is InChI=1S/C30H30F3N3O5.2ClH/c31-30(32,33)19-36-29(39)26-8-4-7-25-27(13-14-34-28(25)26)41-24-11-9-20(10-12-24)15-21(17-37)35-16-22(38)18-40-23-5-2-1-3-6-23;;/h1-14,21-22,35,37-38H,15-19H2,(H,36,39);2*1H/t21-,22-;;/m0../s1. The first-order valence-electron chi connectivity index (χ1n) is 12.9. The maximum absolute atomic E-state index is 12.5. The lowest BCUT2D eigenvalue weighted by molar-refractivity contribution is -0.123. The molecule has 0 unspecified atom stereocenters. The summed E-state index contributed by atoms with van der Waals surface area (Å²) >= 11 is 0. The van der Waals surface area contributed by atoms with Gasteiger partial charge in [-0.1, -0.05) is 36.4 Å². The van der Waals surface area contributed by atoms with Crippen LogP contribution in [-0.4, -0.2) is 65.7 Å². The second kappa shape index (κ2) is 16.9. The zero-order valence-electron chi connectivity index (χ0n) is 22.8. The van der Waals surface area contributed by atoms with Crippen molar-refractivity contribution in [3.8, 4) is 17.2 Å². The third-order valence-electron chi connectivity index (χ3n) is 6.11. The topological polar surface area (TPSA) is 113 Å². The monoisotopic (exact) mass is 641 g/mol. The highest BCUT2D eigenvalue weighted by molar-refractivity contribution is 6.06. The van der Waals surface area contributed by atoms with Gasteiger partial charge in [0.05, 0.1) is 17.7 Å². The van der Waals surface area contributed by atoms with Gasteiger partial charge in [-0.15, -0.1) is 24.8 Å². The molecule has 1 aromatic heterocycles. The first kappa shape index (κ1) is 35.6. The second-order valence-corrected chi connectivity index (χ2v) is 9.32. The number of aromatic nitrogens is 1. The molecule has 2 atom stereocenters. The van der Waals surface area contributed by atoms with E-state index in [0.717, 1.165) is 5.56 Å². The largest absolute Gasteiger partial charge is 0.491 e. The number of ether oxygens (including phenoxy) is 2. The van der Waals surface area contributed by atoms with Gasteiger partial charge in [0.1, 0.15) is 36.5 Å². The molecule has 0 fully saturated rings. The van der Waals surface area contributed by atoms with Gasteiger partial charge < -0.3 is 30.3 Å². The SMILES string of the molecule is Cl.Cl.O=C(NCC(F)(F)F)c1cccc2c(Oc3ccc(C[C@@H](CO)NC[C@H](O)COc4ccccc4)cc3)ccnc12.